The van der Waals surface area contributed by atoms with Crippen molar-refractivity contribution in [3.8, 4) is 0 Å². The summed E-state index contributed by atoms with van der Waals surface area (Å²) in [6.07, 6.45) is 1.95. The van der Waals surface area contributed by atoms with E-state index in [4.69, 9.17) is 5.11 Å². The van der Waals surface area contributed by atoms with Crippen molar-refractivity contribution in [3.05, 3.63) is 0 Å². The van der Waals surface area contributed by atoms with Gasteiger partial charge < -0.3 is 5.11 Å². The number of hydrogen-bond acceptors (Lipinski definition) is 4. The molecule has 6 nitrogen and oxygen atoms in total. The summed E-state index contributed by atoms with van der Waals surface area (Å²) in [4.78, 5) is 38.4. The summed E-state index contributed by atoms with van der Waals surface area (Å²) in [5, 5.41) is 8.73. The van der Waals surface area contributed by atoms with Gasteiger partial charge in [-0.05, 0) is 18.8 Å². The molecule has 2 aliphatic rings. The Bertz CT molecular complexity index is 413. The summed E-state index contributed by atoms with van der Waals surface area (Å²) < 4.78 is 0. The van der Waals surface area contributed by atoms with Gasteiger partial charge in [0.1, 0.15) is 0 Å². The molecule has 2 heterocycles. The van der Waals surface area contributed by atoms with Crippen molar-refractivity contribution in [2.75, 3.05) is 13.1 Å². The molecule has 6 heteroatoms. The predicted octanol–water partition coefficient (Wildman–Crippen LogP) is 0.709. The Balaban J connectivity index is 1.94. The van der Waals surface area contributed by atoms with Crippen LogP contribution in [0.4, 0.5) is 0 Å². The third-order valence-corrected chi connectivity index (χ3v) is 4.36. The van der Waals surface area contributed by atoms with Crippen molar-refractivity contribution in [2.24, 2.45) is 5.92 Å². The molecule has 112 valence electrons. The molecule has 2 saturated heterocycles. The fraction of sp³-hybridized carbons (Fsp3) is 0.786. The minimum Gasteiger partial charge on any atom is -0.481 e. The largest absolute Gasteiger partial charge is 0.481 e. The van der Waals surface area contributed by atoms with Crippen LogP contribution in [0.15, 0.2) is 0 Å². The molecule has 2 amide bonds. The molecule has 1 atom stereocenters. The van der Waals surface area contributed by atoms with Gasteiger partial charge in [0.15, 0.2) is 0 Å². The molecule has 0 aromatic rings. The molecule has 2 fully saturated rings. The number of aliphatic carboxylic acids is 1. The highest BCUT2D eigenvalue weighted by molar-refractivity contribution is 6.05. The van der Waals surface area contributed by atoms with Crippen molar-refractivity contribution in [2.45, 2.75) is 51.6 Å². The van der Waals surface area contributed by atoms with Crippen LogP contribution in [0, 0.1) is 5.92 Å². The van der Waals surface area contributed by atoms with Crippen LogP contribution in [0.2, 0.25) is 0 Å². The second kappa shape index (κ2) is 5.91. The van der Waals surface area contributed by atoms with Crippen LogP contribution in [0.5, 0.6) is 0 Å². The zero-order valence-corrected chi connectivity index (χ0v) is 12.0. The van der Waals surface area contributed by atoms with E-state index in [-0.39, 0.29) is 42.7 Å². The number of carbonyl (C=O) groups excluding carboxylic acids is 2. The minimum atomic E-state index is -0.804. The van der Waals surface area contributed by atoms with E-state index in [1.165, 1.54) is 4.90 Å². The third kappa shape index (κ3) is 2.70. The molecular weight excluding hydrogens is 260 g/mol. The fourth-order valence-corrected chi connectivity index (χ4v) is 3.20. The molecule has 0 bridgehead atoms. The van der Waals surface area contributed by atoms with Gasteiger partial charge in [0.2, 0.25) is 11.8 Å². The lowest BCUT2D eigenvalue weighted by Crippen LogP contribution is -2.55. The first-order valence-corrected chi connectivity index (χ1v) is 7.29. The predicted molar refractivity (Wildman–Crippen MR) is 71.9 cm³/mol. The number of carbonyl (C=O) groups is 3. The van der Waals surface area contributed by atoms with E-state index >= 15 is 0 Å². The van der Waals surface area contributed by atoms with E-state index in [1.54, 1.807) is 0 Å². The first-order valence-electron chi connectivity index (χ1n) is 7.29. The molecule has 0 aliphatic carbocycles. The zero-order valence-electron chi connectivity index (χ0n) is 12.0. The standard InChI is InChI=1S/C14H22N2O4/c1-3-10(4-2)16-12(17)6-11(14(16)20)15-7-9(8-15)5-13(18)19/h9-11H,3-8H2,1-2H3,(H,18,19). The van der Waals surface area contributed by atoms with Gasteiger partial charge in [-0.2, -0.15) is 0 Å². The topological polar surface area (TPSA) is 77.9 Å². The Labute approximate surface area is 118 Å². The Morgan fingerprint density at radius 3 is 2.40 bits per heavy atom. The number of amides is 2. The number of carboxylic acids is 1. The average molecular weight is 282 g/mol. The van der Waals surface area contributed by atoms with E-state index in [0.29, 0.717) is 13.1 Å². The van der Waals surface area contributed by atoms with Gasteiger partial charge >= 0.3 is 5.97 Å². The Morgan fingerprint density at radius 2 is 1.90 bits per heavy atom. The smallest absolute Gasteiger partial charge is 0.303 e. The number of hydrogen-bond donors (Lipinski definition) is 1. The maximum Gasteiger partial charge on any atom is 0.303 e. The lowest BCUT2D eigenvalue weighted by atomic mass is 9.94. The molecule has 0 radical (unpaired) electrons. The molecule has 2 aliphatic heterocycles. The average Bonchev–Trinajstić information content (AvgIpc) is 2.62. The van der Waals surface area contributed by atoms with Gasteiger partial charge in [-0.25, -0.2) is 0 Å². The van der Waals surface area contributed by atoms with Crippen molar-refractivity contribution < 1.29 is 19.5 Å². The first kappa shape index (κ1) is 15.0. The van der Waals surface area contributed by atoms with Gasteiger partial charge in [0.25, 0.3) is 0 Å². The molecule has 0 spiro atoms. The number of imide groups is 1. The van der Waals surface area contributed by atoms with E-state index in [2.05, 4.69) is 0 Å². The summed E-state index contributed by atoms with van der Waals surface area (Å²) >= 11 is 0. The minimum absolute atomic E-state index is 0.00362. The normalized spacial score (nSPS) is 24.6. The second-order valence-electron chi connectivity index (χ2n) is 5.71. The maximum atomic E-state index is 12.4. The SMILES string of the molecule is CCC(CC)N1C(=O)CC(N2CC(CC(=O)O)C2)C1=O. The van der Waals surface area contributed by atoms with E-state index in [1.807, 2.05) is 18.7 Å². The van der Waals surface area contributed by atoms with Crippen molar-refractivity contribution in [3.63, 3.8) is 0 Å². The highest BCUT2D eigenvalue weighted by Crippen LogP contribution is 2.29. The maximum absolute atomic E-state index is 12.4. The summed E-state index contributed by atoms with van der Waals surface area (Å²) in [6.45, 7) is 5.17. The van der Waals surface area contributed by atoms with Crippen LogP contribution in [0.3, 0.4) is 0 Å². The molecule has 1 unspecified atom stereocenters. The van der Waals surface area contributed by atoms with Gasteiger partial charge in [0, 0.05) is 19.1 Å². The van der Waals surface area contributed by atoms with Crippen molar-refractivity contribution in [1.29, 1.82) is 0 Å². The van der Waals surface area contributed by atoms with Crippen LogP contribution >= 0.6 is 0 Å². The fourth-order valence-electron chi connectivity index (χ4n) is 3.20. The highest BCUT2D eigenvalue weighted by atomic mass is 16.4. The Morgan fingerprint density at radius 1 is 1.30 bits per heavy atom. The van der Waals surface area contributed by atoms with E-state index < -0.39 is 5.97 Å². The van der Waals surface area contributed by atoms with Gasteiger partial charge in [-0.1, -0.05) is 13.8 Å². The molecule has 20 heavy (non-hydrogen) atoms. The van der Waals surface area contributed by atoms with E-state index in [0.717, 1.165) is 12.8 Å². The molecular formula is C14H22N2O4. The van der Waals surface area contributed by atoms with Crippen LogP contribution < -0.4 is 0 Å². The highest BCUT2D eigenvalue weighted by Gasteiger charge is 2.47. The number of rotatable bonds is 6. The van der Waals surface area contributed by atoms with Crippen LogP contribution in [0.1, 0.15) is 39.5 Å². The summed E-state index contributed by atoms with van der Waals surface area (Å²) in [7, 11) is 0. The van der Waals surface area contributed by atoms with E-state index in [9.17, 15) is 14.4 Å². The van der Waals surface area contributed by atoms with Gasteiger partial charge in [-0.15, -0.1) is 0 Å². The molecule has 0 saturated carbocycles. The molecule has 0 aromatic heterocycles. The quantitative estimate of drug-likeness (QED) is 0.726. The van der Waals surface area contributed by atoms with Crippen LogP contribution in [0.25, 0.3) is 0 Å². The van der Waals surface area contributed by atoms with Crippen molar-refractivity contribution in [1.82, 2.24) is 9.80 Å². The van der Waals surface area contributed by atoms with Crippen molar-refractivity contribution >= 4 is 17.8 Å². The lowest BCUT2D eigenvalue weighted by Gasteiger charge is -2.41. The van der Waals surface area contributed by atoms with Gasteiger partial charge in [-0.3, -0.25) is 24.2 Å². The van der Waals surface area contributed by atoms with Crippen LogP contribution in [-0.2, 0) is 14.4 Å². The van der Waals surface area contributed by atoms with Crippen LogP contribution in [-0.4, -0.2) is 57.9 Å². The summed E-state index contributed by atoms with van der Waals surface area (Å²) in [6, 6.07) is -0.371. The summed E-state index contributed by atoms with van der Waals surface area (Å²) in [5.74, 6) is -0.882. The van der Waals surface area contributed by atoms with Gasteiger partial charge in [0.05, 0.1) is 18.9 Å². The molecule has 0 aromatic carbocycles. The number of carboxylic acid groups (broad SMARTS) is 1. The molecule has 2 rings (SSSR count). The lowest BCUT2D eigenvalue weighted by molar-refractivity contribution is -0.143. The summed E-state index contributed by atoms with van der Waals surface area (Å²) in [5.41, 5.74) is 0. The number of nitrogens with zero attached hydrogens (tertiary/aromatic N) is 2. The second-order valence-corrected chi connectivity index (χ2v) is 5.71. The number of likely N-dealkylation sites (tertiary alicyclic amines) is 2. The monoisotopic (exact) mass is 282 g/mol. The third-order valence-electron chi connectivity index (χ3n) is 4.36. The first-order chi connectivity index (χ1) is 9.47. The Kier molecular flexibility index (Phi) is 4.42. The zero-order chi connectivity index (χ0) is 14.9. The molecule has 1 N–H and O–H groups in total. The Hall–Kier alpha value is -1.43.